The van der Waals surface area contributed by atoms with Gasteiger partial charge in [-0.15, -0.1) is 0 Å². The average Bonchev–Trinajstić information content (AvgIpc) is 3.65. The molecule has 0 aliphatic heterocycles. The van der Waals surface area contributed by atoms with E-state index >= 15 is 0 Å². The molecule has 6 heteroatoms. The van der Waals surface area contributed by atoms with Crippen molar-refractivity contribution in [1.82, 2.24) is 0 Å². The smallest absolute Gasteiger partial charge is 0.306 e. The molecule has 3 fully saturated rings. The Kier molecular flexibility index (Phi) is 20.2. The molecule has 2 aromatic rings. The van der Waals surface area contributed by atoms with Crippen LogP contribution in [0, 0.1) is 46.3 Å². The van der Waals surface area contributed by atoms with Gasteiger partial charge in [-0.05, 0) is 159 Å². The minimum absolute atomic E-state index is 0.0282. The number of hydrogen-bond acceptors (Lipinski definition) is 6. The van der Waals surface area contributed by atoms with E-state index in [9.17, 15) is 4.79 Å². The van der Waals surface area contributed by atoms with E-state index in [2.05, 4.69) is 57.8 Å². The normalized spacial score (nSPS) is 26.9. The Bertz CT molecular complexity index is 1720. The Morgan fingerprint density at radius 3 is 1.83 bits per heavy atom. The quantitative estimate of drug-likeness (QED) is 0.0369. The van der Waals surface area contributed by atoms with E-state index in [1.54, 1.807) is 5.57 Å². The Morgan fingerprint density at radius 1 is 0.656 bits per heavy atom. The number of fused-ring (bicyclic) bond motifs is 5. The van der Waals surface area contributed by atoms with E-state index in [4.69, 9.17) is 14.2 Å². The van der Waals surface area contributed by atoms with Crippen LogP contribution in [-0.2, 0) is 9.53 Å². The number of unbranched alkanes of at least 4 members (excludes halogenated alkanes) is 12. The highest BCUT2D eigenvalue weighted by Gasteiger charge is 2.59. The van der Waals surface area contributed by atoms with Gasteiger partial charge >= 0.3 is 5.97 Å². The zero-order valence-electron chi connectivity index (χ0n) is 41.6. The Morgan fingerprint density at radius 2 is 1.23 bits per heavy atom. The van der Waals surface area contributed by atoms with E-state index in [0.29, 0.717) is 17.3 Å². The number of benzene rings is 2. The molecular formula is C58H90N2O4. The maximum absolute atomic E-state index is 13.0. The van der Waals surface area contributed by atoms with E-state index in [1.165, 1.54) is 122 Å². The number of carbonyl (C=O) groups is 1. The van der Waals surface area contributed by atoms with Crippen molar-refractivity contribution in [2.75, 3.05) is 13.2 Å². The van der Waals surface area contributed by atoms with Gasteiger partial charge in [0.2, 0.25) is 0 Å². The number of allylic oxidation sites excluding steroid dienone is 1. The third-order valence-electron chi connectivity index (χ3n) is 16.8. The molecule has 0 unspecified atom stereocenters. The van der Waals surface area contributed by atoms with Gasteiger partial charge in [0, 0.05) is 12.8 Å². The van der Waals surface area contributed by atoms with Gasteiger partial charge < -0.3 is 14.2 Å². The van der Waals surface area contributed by atoms with Gasteiger partial charge in [-0.2, -0.15) is 10.2 Å². The number of ether oxygens (including phenoxy) is 3. The Hall–Kier alpha value is -3.15. The van der Waals surface area contributed by atoms with Gasteiger partial charge in [-0.3, -0.25) is 4.79 Å². The SMILES string of the molecule is CCCCCCCCOc1ccc(N=Nc2ccc(OCCCCCCCCCCC(=O)O[C@H]3CC[C@@]4(C)C(=CC[C@H]5[C@@H]6CC[C@H]([C@H](C)CCCC(C)C)[C@@]6(C)CC[C@@H]54)C3)cc2)cc1. The van der Waals surface area contributed by atoms with Crippen molar-refractivity contribution < 1.29 is 19.0 Å². The molecule has 0 radical (unpaired) electrons. The number of azo groups is 1. The largest absolute Gasteiger partial charge is 0.494 e. The fourth-order valence-electron chi connectivity index (χ4n) is 13.0. The first kappa shape index (κ1) is 50.3. The number of nitrogens with zero attached hydrogens (tertiary/aromatic N) is 2. The molecular weight excluding hydrogens is 789 g/mol. The minimum atomic E-state index is 0.0282. The van der Waals surface area contributed by atoms with Crippen molar-refractivity contribution >= 4 is 17.3 Å². The Labute approximate surface area is 391 Å². The van der Waals surface area contributed by atoms with Gasteiger partial charge in [0.05, 0.1) is 24.6 Å². The molecule has 0 heterocycles. The number of hydrogen-bond donors (Lipinski definition) is 0. The standard InChI is InChI=1S/C58H90N2O4/c1-7-8-9-10-16-19-41-62-49-30-26-47(27-31-49)59-60-48-28-32-50(33-29-48)63-42-20-17-14-12-11-13-15-18-24-56(61)64-51-37-39-57(5)46(43-51)25-34-52-54-36-35-53(45(4)23-21-22-44(2)3)58(54,6)40-38-55(52)57/h25-33,44-45,51-55H,7-24,34-43H2,1-6H3/t45-,51+,52+,53-,54+,55+,57+,58-/m1/s1. The zero-order chi connectivity index (χ0) is 45.2. The first-order valence-corrected chi connectivity index (χ1v) is 26.9. The fourth-order valence-corrected chi connectivity index (χ4v) is 13.0. The number of rotatable bonds is 28. The van der Waals surface area contributed by atoms with Crippen LogP contribution in [0.2, 0.25) is 0 Å². The molecule has 2 aromatic carbocycles. The molecule has 64 heavy (non-hydrogen) atoms. The van der Waals surface area contributed by atoms with E-state index < -0.39 is 0 Å². The summed E-state index contributed by atoms with van der Waals surface area (Å²) in [4.78, 5) is 13.0. The van der Waals surface area contributed by atoms with Crippen molar-refractivity contribution in [1.29, 1.82) is 0 Å². The molecule has 0 bridgehead atoms. The number of esters is 1. The summed E-state index contributed by atoms with van der Waals surface area (Å²) in [6.07, 6.45) is 34.5. The highest BCUT2D eigenvalue weighted by molar-refractivity contribution is 5.69. The summed E-state index contributed by atoms with van der Waals surface area (Å²) in [5.74, 6) is 6.94. The molecule has 6 nitrogen and oxygen atoms in total. The maximum atomic E-state index is 13.0. The van der Waals surface area contributed by atoms with Crippen LogP contribution < -0.4 is 9.47 Å². The first-order chi connectivity index (χ1) is 31.1. The lowest BCUT2D eigenvalue weighted by Gasteiger charge is -2.58. The lowest BCUT2D eigenvalue weighted by atomic mass is 9.47. The lowest BCUT2D eigenvalue weighted by molar-refractivity contribution is -0.151. The lowest BCUT2D eigenvalue weighted by Crippen LogP contribution is -2.51. The molecule has 356 valence electrons. The van der Waals surface area contributed by atoms with Crippen LogP contribution in [0.3, 0.4) is 0 Å². The summed E-state index contributed by atoms with van der Waals surface area (Å²) in [5, 5.41) is 8.79. The van der Waals surface area contributed by atoms with Crippen molar-refractivity contribution in [3.63, 3.8) is 0 Å². The molecule has 4 aliphatic carbocycles. The third-order valence-corrected chi connectivity index (χ3v) is 16.8. The molecule has 8 atom stereocenters. The van der Waals surface area contributed by atoms with Crippen LogP contribution in [-0.4, -0.2) is 25.3 Å². The molecule has 4 aliphatic rings. The average molecular weight is 879 g/mol. The zero-order valence-corrected chi connectivity index (χ0v) is 41.6. The van der Waals surface area contributed by atoms with E-state index in [0.717, 1.165) is 110 Å². The summed E-state index contributed by atoms with van der Waals surface area (Å²) < 4.78 is 18.0. The van der Waals surface area contributed by atoms with Crippen LogP contribution in [0.5, 0.6) is 11.5 Å². The van der Waals surface area contributed by atoms with E-state index in [1.807, 2.05) is 48.5 Å². The Balaban J connectivity index is 0.774. The summed E-state index contributed by atoms with van der Waals surface area (Å²) >= 11 is 0. The third kappa shape index (κ3) is 14.4. The molecule has 3 saturated carbocycles. The molecule has 0 saturated heterocycles. The van der Waals surface area contributed by atoms with E-state index in [-0.39, 0.29) is 12.1 Å². The van der Waals surface area contributed by atoms with Crippen LogP contribution in [0.1, 0.15) is 208 Å². The summed E-state index contributed by atoms with van der Waals surface area (Å²) in [6.45, 7) is 16.4. The maximum Gasteiger partial charge on any atom is 0.306 e. The van der Waals surface area contributed by atoms with Crippen molar-refractivity contribution in [3.05, 3.63) is 60.2 Å². The predicted molar refractivity (Wildman–Crippen MR) is 266 cm³/mol. The molecule has 6 rings (SSSR count). The van der Waals surface area contributed by atoms with Crippen molar-refractivity contribution in [2.45, 2.75) is 215 Å². The highest BCUT2D eigenvalue weighted by Crippen LogP contribution is 2.67. The van der Waals surface area contributed by atoms with Crippen molar-refractivity contribution in [3.8, 4) is 11.5 Å². The molecule has 0 N–H and O–H groups in total. The second kappa shape index (κ2) is 25.7. The van der Waals surface area contributed by atoms with Gasteiger partial charge in [0.15, 0.2) is 0 Å². The minimum Gasteiger partial charge on any atom is -0.494 e. The fraction of sp³-hybridized carbons (Fsp3) is 0.741. The summed E-state index contributed by atoms with van der Waals surface area (Å²) in [6, 6.07) is 15.7. The monoisotopic (exact) mass is 879 g/mol. The van der Waals surface area contributed by atoms with Crippen molar-refractivity contribution in [2.24, 2.45) is 56.6 Å². The number of carbonyl (C=O) groups excluding carboxylic acids is 1. The van der Waals surface area contributed by atoms with Gasteiger partial charge in [-0.25, -0.2) is 0 Å². The highest BCUT2D eigenvalue weighted by atomic mass is 16.5. The van der Waals surface area contributed by atoms with Crippen LogP contribution in [0.15, 0.2) is 70.4 Å². The second-order valence-electron chi connectivity index (χ2n) is 21.9. The van der Waals surface area contributed by atoms with Gasteiger partial charge in [0.25, 0.3) is 0 Å². The molecule has 0 aromatic heterocycles. The van der Waals surface area contributed by atoms with Crippen LogP contribution in [0.25, 0.3) is 0 Å². The van der Waals surface area contributed by atoms with Gasteiger partial charge in [-0.1, -0.05) is 143 Å². The van der Waals surface area contributed by atoms with Gasteiger partial charge in [0.1, 0.15) is 17.6 Å². The summed E-state index contributed by atoms with van der Waals surface area (Å²) in [7, 11) is 0. The summed E-state index contributed by atoms with van der Waals surface area (Å²) in [5.41, 5.74) is 4.08. The van der Waals surface area contributed by atoms with Crippen LogP contribution in [0.4, 0.5) is 11.4 Å². The molecule has 0 amide bonds. The molecule has 0 spiro atoms. The first-order valence-electron chi connectivity index (χ1n) is 26.9. The predicted octanol–water partition coefficient (Wildman–Crippen LogP) is 17.7. The second-order valence-corrected chi connectivity index (χ2v) is 21.9. The topological polar surface area (TPSA) is 69.5 Å². The van der Waals surface area contributed by atoms with Crippen LogP contribution >= 0.6 is 0 Å².